The number of H-pyrrole nitrogens is 1. The van der Waals surface area contributed by atoms with Crippen LogP contribution < -0.4 is 0 Å². The predicted molar refractivity (Wildman–Crippen MR) is 104 cm³/mol. The molecule has 8 heteroatoms. The lowest BCUT2D eigenvalue weighted by atomic mass is 10.1. The molecule has 0 spiro atoms. The number of non-ortho nitro benzene ring substituents is 2. The summed E-state index contributed by atoms with van der Waals surface area (Å²) in [4.78, 5) is 23.4. The highest BCUT2D eigenvalue weighted by atomic mass is 16.6. The summed E-state index contributed by atoms with van der Waals surface area (Å²) in [5, 5.41) is 22.9. The number of rotatable bonds is 2. The molecule has 0 fully saturated rings. The van der Waals surface area contributed by atoms with Gasteiger partial charge in [-0.15, -0.1) is 0 Å². The summed E-state index contributed by atoms with van der Waals surface area (Å²) in [5.74, 6) is 0. The molecule has 4 aromatic rings. The Morgan fingerprint density at radius 3 is 2.11 bits per heavy atom. The van der Waals surface area contributed by atoms with Crippen molar-refractivity contribution < 1.29 is 9.85 Å². The van der Waals surface area contributed by atoms with E-state index in [0.717, 1.165) is 32.9 Å². The van der Waals surface area contributed by atoms with Crippen molar-refractivity contribution in [1.29, 1.82) is 0 Å². The summed E-state index contributed by atoms with van der Waals surface area (Å²) in [6.07, 6.45) is 3.68. The van der Waals surface area contributed by atoms with Crippen LogP contribution in [0.15, 0.2) is 48.8 Å². The number of nitro benzene ring substituents is 2. The SMILES string of the molecule is Cc1cc([N+](=O)[O-])cc2cc[nH]c12.Cc1cc([N+](=O)[O-])cc2ccn(C)c12. The van der Waals surface area contributed by atoms with Gasteiger partial charge in [-0.2, -0.15) is 0 Å². The Balaban J connectivity index is 0.000000156. The predicted octanol–water partition coefficient (Wildman–Crippen LogP) is 4.78. The quantitative estimate of drug-likeness (QED) is 0.407. The lowest BCUT2D eigenvalue weighted by molar-refractivity contribution is -0.384. The van der Waals surface area contributed by atoms with Crippen LogP contribution in [0.25, 0.3) is 21.8 Å². The van der Waals surface area contributed by atoms with Crippen LogP contribution in [-0.4, -0.2) is 19.4 Å². The van der Waals surface area contributed by atoms with Gasteiger partial charge in [0, 0.05) is 60.0 Å². The summed E-state index contributed by atoms with van der Waals surface area (Å²) in [7, 11) is 1.93. The molecule has 0 aliphatic rings. The maximum Gasteiger partial charge on any atom is 0.270 e. The molecule has 8 nitrogen and oxygen atoms in total. The summed E-state index contributed by atoms with van der Waals surface area (Å²) >= 11 is 0. The molecule has 0 aliphatic heterocycles. The first-order valence-corrected chi connectivity index (χ1v) is 8.20. The molecule has 2 heterocycles. The van der Waals surface area contributed by atoms with E-state index < -0.39 is 0 Å². The number of nitro groups is 2. The van der Waals surface area contributed by atoms with E-state index >= 15 is 0 Å². The molecule has 0 aliphatic carbocycles. The van der Waals surface area contributed by atoms with Gasteiger partial charge < -0.3 is 9.55 Å². The third kappa shape index (κ3) is 3.50. The van der Waals surface area contributed by atoms with Crippen LogP contribution in [0.5, 0.6) is 0 Å². The van der Waals surface area contributed by atoms with E-state index in [2.05, 4.69) is 4.98 Å². The summed E-state index contributed by atoms with van der Waals surface area (Å²) in [5.41, 5.74) is 4.14. The fraction of sp³-hybridized carbons (Fsp3) is 0.158. The van der Waals surface area contributed by atoms with E-state index in [1.807, 2.05) is 43.8 Å². The van der Waals surface area contributed by atoms with Gasteiger partial charge in [-0.3, -0.25) is 20.2 Å². The zero-order valence-corrected chi connectivity index (χ0v) is 15.1. The summed E-state index contributed by atoms with van der Waals surface area (Å²) in [6.45, 7) is 3.74. The van der Waals surface area contributed by atoms with Crippen molar-refractivity contribution in [1.82, 2.24) is 9.55 Å². The molecular weight excluding hydrogens is 348 g/mol. The van der Waals surface area contributed by atoms with Crippen LogP contribution in [0, 0.1) is 34.1 Å². The highest BCUT2D eigenvalue weighted by Crippen LogP contribution is 2.25. The molecule has 138 valence electrons. The number of hydrogen-bond acceptors (Lipinski definition) is 4. The lowest BCUT2D eigenvalue weighted by Gasteiger charge is -2.00. The van der Waals surface area contributed by atoms with Gasteiger partial charge in [-0.1, -0.05) is 0 Å². The topological polar surface area (TPSA) is 107 Å². The second-order valence-electron chi connectivity index (χ2n) is 6.35. The third-order valence-electron chi connectivity index (χ3n) is 4.41. The van der Waals surface area contributed by atoms with Gasteiger partial charge in [-0.25, -0.2) is 0 Å². The Morgan fingerprint density at radius 2 is 1.48 bits per heavy atom. The van der Waals surface area contributed by atoms with Crippen molar-refractivity contribution in [3.63, 3.8) is 0 Å². The lowest BCUT2D eigenvalue weighted by Crippen LogP contribution is -1.91. The zero-order chi connectivity index (χ0) is 19.7. The Hall–Kier alpha value is -3.68. The van der Waals surface area contributed by atoms with Crippen molar-refractivity contribution in [3.8, 4) is 0 Å². The molecule has 0 saturated carbocycles. The number of benzene rings is 2. The van der Waals surface area contributed by atoms with Crippen LogP contribution in [0.2, 0.25) is 0 Å². The molecule has 0 saturated heterocycles. The van der Waals surface area contributed by atoms with Gasteiger partial charge >= 0.3 is 0 Å². The van der Waals surface area contributed by atoms with E-state index in [9.17, 15) is 20.2 Å². The molecular formula is C19H18N4O4. The number of hydrogen-bond donors (Lipinski definition) is 1. The average molecular weight is 366 g/mol. The van der Waals surface area contributed by atoms with Crippen molar-refractivity contribution >= 4 is 33.2 Å². The Morgan fingerprint density at radius 1 is 0.889 bits per heavy atom. The monoisotopic (exact) mass is 366 g/mol. The number of nitrogens with zero attached hydrogens (tertiary/aromatic N) is 3. The largest absolute Gasteiger partial charge is 0.361 e. The molecule has 2 aromatic heterocycles. The highest BCUT2D eigenvalue weighted by Gasteiger charge is 2.11. The minimum atomic E-state index is -0.376. The first kappa shape index (κ1) is 18.1. The van der Waals surface area contributed by atoms with E-state index in [4.69, 9.17) is 0 Å². The van der Waals surface area contributed by atoms with Crippen molar-refractivity contribution in [2.75, 3.05) is 0 Å². The van der Waals surface area contributed by atoms with E-state index in [0.29, 0.717) is 0 Å². The van der Waals surface area contributed by atoms with Crippen molar-refractivity contribution in [3.05, 3.63) is 80.1 Å². The number of fused-ring (bicyclic) bond motifs is 2. The Labute approximate surface area is 154 Å². The average Bonchev–Trinajstić information content (AvgIpc) is 3.22. The van der Waals surface area contributed by atoms with Crippen LogP contribution in [0.3, 0.4) is 0 Å². The van der Waals surface area contributed by atoms with Gasteiger partial charge in [0.25, 0.3) is 11.4 Å². The number of aromatic nitrogens is 2. The van der Waals surface area contributed by atoms with Gasteiger partial charge in [0.05, 0.1) is 15.4 Å². The van der Waals surface area contributed by atoms with E-state index in [1.165, 1.54) is 0 Å². The zero-order valence-electron chi connectivity index (χ0n) is 15.1. The Kier molecular flexibility index (Phi) is 4.64. The fourth-order valence-electron chi connectivity index (χ4n) is 3.21. The number of aryl methyl sites for hydroxylation is 3. The molecule has 1 N–H and O–H groups in total. The van der Waals surface area contributed by atoms with Crippen molar-refractivity contribution in [2.45, 2.75) is 13.8 Å². The second-order valence-corrected chi connectivity index (χ2v) is 6.35. The maximum atomic E-state index is 10.6. The van der Waals surface area contributed by atoms with Gasteiger partial charge in [0.15, 0.2) is 0 Å². The molecule has 0 atom stereocenters. The van der Waals surface area contributed by atoms with E-state index in [1.54, 1.807) is 30.5 Å². The minimum absolute atomic E-state index is 0.143. The molecule has 0 unspecified atom stereocenters. The second kappa shape index (κ2) is 6.91. The van der Waals surface area contributed by atoms with Gasteiger partial charge in [-0.05, 0) is 37.1 Å². The summed E-state index contributed by atoms with van der Waals surface area (Å²) in [6, 6.07) is 10.0. The van der Waals surface area contributed by atoms with Crippen molar-refractivity contribution in [2.24, 2.45) is 7.05 Å². The molecule has 2 aromatic carbocycles. The fourth-order valence-corrected chi connectivity index (χ4v) is 3.21. The number of aromatic amines is 1. The smallest absolute Gasteiger partial charge is 0.270 e. The standard InChI is InChI=1S/C10H10N2O2.C9H8N2O2/c1-7-5-9(12(13)14)6-8-3-4-11(2)10(7)8;1-6-4-8(11(12)13)5-7-2-3-10-9(6)7/h3-6H,1-2H3;2-5,10H,1H3. The molecule has 0 radical (unpaired) electrons. The van der Waals surface area contributed by atoms with Crippen LogP contribution >= 0.6 is 0 Å². The molecule has 0 bridgehead atoms. The van der Waals surface area contributed by atoms with Crippen LogP contribution in [-0.2, 0) is 7.05 Å². The van der Waals surface area contributed by atoms with Gasteiger partial charge in [0.2, 0.25) is 0 Å². The molecule has 0 amide bonds. The summed E-state index contributed by atoms with van der Waals surface area (Å²) < 4.78 is 1.97. The van der Waals surface area contributed by atoms with E-state index in [-0.39, 0.29) is 21.2 Å². The number of nitrogens with one attached hydrogen (secondary N) is 1. The van der Waals surface area contributed by atoms with Gasteiger partial charge in [0.1, 0.15) is 0 Å². The van der Waals surface area contributed by atoms with Crippen LogP contribution in [0.4, 0.5) is 11.4 Å². The first-order chi connectivity index (χ1) is 12.8. The third-order valence-corrected chi connectivity index (χ3v) is 4.41. The first-order valence-electron chi connectivity index (χ1n) is 8.20. The minimum Gasteiger partial charge on any atom is -0.361 e. The Bertz CT molecular complexity index is 1170. The van der Waals surface area contributed by atoms with Crippen LogP contribution in [0.1, 0.15) is 11.1 Å². The highest BCUT2D eigenvalue weighted by molar-refractivity contribution is 5.86. The molecule has 4 rings (SSSR count). The normalized spacial score (nSPS) is 10.6. The molecule has 27 heavy (non-hydrogen) atoms. The maximum absolute atomic E-state index is 10.6.